The molecule has 4 nitrogen and oxygen atoms in total. The molecule has 0 spiro atoms. The summed E-state index contributed by atoms with van der Waals surface area (Å²) in [6.07, 6.45) is 2.49. The molecule has 0 radical (unpaired) electrons. The van der Waals surface area contributed by atoms with Crippen LogP contribution in [0, 0.1) is 0 Å². The summed E-state index contributed by atoms with van der Waals surface area (Å²) in [5.41, 5.74) is 8.55. The SMILES string of the molecule is COc1cccc(N2CCCC2CN(C)C)c1C(C)N. The highest BCUT2D eigenvalue weighted by atomic mass is 16.5. The molecule has 1 aliphatic heterocycles. The van der Waals surface area contributed by atoms with Crippen LogP contribution < -0.4 is 15.4 Å². The van der Waals surface area contributed by atoms with Crippen molar-refractivity contribution in [3.8, 4) is 5.75 Å². The molecule has 1 aromatic carbocycles. The fourth-order valence-corrected chi connectivity index (χ4v) is 3.18. The lowest BCUT2D eigenvalue weighted by Gasteiger charge is -2.32. The Morgan fingerprint density at radius 1 is 1.45 bits per heavy atom. The van der Waals surface area contributed by atoms with Crippen molar-refractivity contribution in [2.75, 3.05) is 39.2 Å². The summed E-state index contributed by atoms with van der Waals surface area (Å²) in [6.45, 7) is 4.21. The zero-order chi connectivity index (χ0) is 14.7. The van der Waals surface area contributed by atoms with Crippen molar-refractivity contribution < 1.29 is 4.74 Å². The number of nitrogens with two attached hydrogens (primary N) is 1. The third-order valence-corrected chi connectivity index (χ3v) is 3.98. The molecule has 4 heteroatoms. The van der Waals surface area contributed by atoms with Gasteiger partial charge in [0.05, 0.1) is 7.11 Å². The first-order chi connectivity index (χ1) is 9.54. The predicted octanol–water partition coefficient (Wildman–Crippen LogP) is 2.25. The first-order valence-corrected chi connectivity index (χ1v) is 7.38. The highest BCUT2D eigenvalue weighted by molar-refractivity contribution is 5.62. The molecular weight excluding hydrogens is 250 g/mol. The van der Waals surface area contributed by atoms with E-state index in [1.54, 1.807) is 7.11 Å². The summed E-state index contributed by atoms with van der Waals surface area (Å²) in [7, 11) is 5.98. The van der Waals surface area contributed by atoms with Gasteiger partial charge in [0.15, 0.2) is 0 Å². The van der Waals surface area contributed by atoms with Crippen LogP contribution in [0.25, 0.3) is 0 Å². The van der Waals surface area contributed by atoms with E-state index in [-0.39, 0.29) is 6.04 Å². The molecule has 2 unspecified atom stereocenters. The summed E-state index contributed by atoms with van der Waals surface area (Å²) in [5, 5.41) is 0. The second-order valence-corrected chi connectivity index (χ2v) is 5.93. The lowest BCUT2D eigenvalue weighted by molar-refractivity contribution is 0.371. The summed E-state index contributed by atoms with van der Waals surface area (Å²) in [4.78, 5) is 4.76. The standard InChI is InChI=1S/C16H27N3O/c1-12(17)16-14(8-5-9-15(16)20-4)19-10-6-7-13(19)11-18(2)3/h5,8-9,12-13H,6-7,10-11,17H2,1-4H3. The number of methoxy groups -OCH3 is 1. The van der Waals surface area contributed by atoms with Crippen molar-refractivity contribution in [3.05, 3.63) is 23.8 Å². The molecule has 0 saturated carbocycles. The van der Waals surface area contributed by atoms with Crippen molar-refractivity contribution in [2.24, 2.45) is 5.73 Å². The van der Waals surface area contributed by atoms with Gasteiger partial charge in [0, 0.05) is 36.4 Å². The van der Waals surface area contributed by atoms with Gasteiger partial charge in [-0.2, -0.15) is 0 Å². The molecule has 2 atom stereocenters. The Balaban J connectivity index is 2.36. The molecule has 1 fully saturated rings. The van der Waals surface area contributed by atoms with Gasteiger partial charge in [-0.3, -0.25) is 0 Å². The van der Waals surface area contributed by atoms with Gasteiger partial charge in [0.1, 0.15) is 5.75 Å². The first-order valence-electron chi connectivity index (χ1n) is 7.38. The van der Waals surface area contributed by atoms with E-state index in [0.717, 1.165) is 24.4 Å². The van der Waals surface area contributed by atoms with Crippen molar-refractivity contribution >= 4 is 5.69 Å². The van der Waals surface area contributed by atoms with Crippen LogP contribution in [0.1, 0.15) is 31.4 Å². The molecule has 0 aromatic heterocycles. The van der Waals surface area contributed by atoms with Crippen molar-refractivity contribution in [1.29, 1.82) is 0 Å². The molecule has 1 aromatic rings. The topological polar surface area (TPSA) is 41.7 Å². The molecule has 0 aliphatic carbocycles. The summed E-state index contributed by atoms with van der Waals surface area (Å²) < 4.78 is 5.51. The zero-order valence-corrected chi connectivity index (χ0v) is 13.1. The lowest BCUT2D eigenvalue weighted by Crippen LogP contribution is -2.38. The van der Waals surface area contributed by atoms with E-state index in [9.17, 15) is 0 Å². The Hall–Kier alpha value is -1.26. The van der Waals surface area contributed by atoms with Crippen LogP contribution in [-0.2, 0) is 0 Å². The van der Waals surface area contributed by atoms with Crippen LogP contribution in [0.5, 0.6) is 5.75 Å². The fourth-order valence-electron chi connectivity index (χ4n) is 3.18. The lowest BCUT2D eigenvalue weighted by atomic mass is 10.0. The third-order valence-electron chi connectivity index (χ3n) is 3.98. The highest BCUT2D eigenvalue weighted by Gasteiger charge is 2.28. The summed E-state index contributed by atoms with van der Waals surface area (Å²) in [6, 6.07) is 6.77. The molecular formula is C16H27N3O. The number of ether oxygens (including phenoxy) is 1. The number of benzene rings is 1. The monoisotopic (exact) mass is 277 g/mol. The fraction of sp³-hybridized carbons (Fsp3) is 0.625. The summed E-state index contributed by atoms with van der Waals surface area (Å²) >= 11 is 0. The normalized spacial score (nSPS) is 20.5. The quantitative estimate of drug-likeness (QED) is 0.896. The average molecular weight is 277 g/mol. The van der Waals surface area contributed by atoms with Gasteiger partial charge in [-0.15, -0.1) is 0 Å². The second kappa shape index (κ2) is 6.46. The number of anilines is 1. The van der Waals surface area contributed by atoms with Crippen LogP contribution >= 0.6 is 0 Å². The Kier molecular flexibility index (Phi) is 4.89. The van der Waals surface area contributed by atoms with Gasteiger partial charge >= 0.3 is 0 Å². The number of hydrogen-bond acceptors (Lipinski definition) is 4. The van der Waals surface area contributed by atoms with Gasteiger partial charge in [-0.1, -0.05) is 6.07 Å². The molecule has 2 N–H and O–H groups in total. The second-order valence-electron chi connectivity index (χ2n) is 5.93. The number of likely N-dealkylation sites (N-methyl/N-ethyl adjacent to an activating group) is 1. The molecule has 2 rings (SSSR count). The summed E-state index contributed by atoms with van der Waals surface area (Å²) in [5.74, 6) is 0.896. The molecule has 1 saturated heterocycles. The van der Waals surface area contributed by atoms with Crippen molar-refractivity contribution in [1.82, 2.24) is 4.90 Å². The van der Waals surface area contributed by atoms with Gasteiger partial charge in [-0.05, 0) is 46.0 Å². The maximum absolute atomic E-state index is 6.19. The maximum Gasteiger partial charge on any atom is 0.125 e. The van der Waals surface area contributed by atoms with Crippen molar-refractivity contribution in [2.45, 2.75) is 31.8 Å². The van der Waals surface area contributed by atoms with Gasteiger partial charge < -0.3 is 20.3 Å². The van der Waals surface area contributed by atoms with Crippen molar-refractivity contribution in [3.63, 3.8) is 0 Å². The average Bonchev–Trinajstić information content (AvgIpc) is 2.84. The number of nitrogens with zero attached hydrogens (tertiary/aromatic N) is 2. The van der Waals surface area contributed by atoms with E-state index in [0.29, 0.717) is 6.04 Å². The minimum atomic E-state index is -0.0262. The molecule has 0 bridgehead atoms. The van der Waals surface area contributed by atoms with Gasteiger partial charge in [0.25, 0.3) is 0 Å². The Morgan fingerprint density at radius 3 is 2.80 bits per heavy atom. The van der Waals surface area contributed by atoms with E-state index in [1.807, 2.05) is 13.0 Å². The van der Waals surface area contributed by atoms with Crippen LogP contribution in [0.2, 0.25) is 0 Å². The predicted molar refractivity (Wildman–Crippen MR) is 84.5 cm³/mol. The minimum Gasteiger partial charge on any atom is -0.496 e. The smallest absolute Gasteiger partial charge is 0.125 e. The zero-order valence-electron chi connectivity index (χ0n) is 13.1. The Bertz CT molecular complexity index is 445. The molecule has 1 aliphatic rings. The van der Waals surface area contributed by atoms with Crippen LogP contribution in [-0.4, -0.2) is 45.2 Å². The highest BCUT2D eigenvalue weighted by Crippen LogP contribution is 2.37. The largest absolute Gasteiger partial charge is 0.496 e. The van der Waals surface area contributed by atoms with Crippen LogP contribution in [0.15, 0.2) is 18.2 Å². The Labute approximate surface area is 122 Å². The number of hydrogen-bond donors (Lipinski definition) is 1. The molecule has 112 valence electrons. The van der Waals surface area contributed by atoms with E-state index in [1.165, 1.54) is 18.5 Å². The molecule has 1 heterocycles. The maximum atomic E-state index is 6.19. The van der Waals surface area contributed by atoms with E-state index >= 15 is 0 Å². The first kappa shape index (κ1) is 15.1. The molecule has 0 amide bonds. The molecule has 20 heavy (non-hydrogen) atoms. The van der Waals surface area contributed by atoms with E-state index in [4.69, 9.17) is 10.5 Å². The Morgan fingerprint density at radius 2 is 2.20 bits per heavy atom. The van der Waals surface area contributed by atoms with Gasteiger partial charge in [0.2, 0.25) is 0 Å². The third kappa shape index (κ3) is 3.07. The minimum absolute atomic E-state index is 0.0262. The van der Waals surface area contributed by atoms with Crippen LogP contribution in [0.3, 0.4) is 0 Å². The van der Waals surface area contributed by atoms with E-state index < -0.39 is 0 Å². The number of rotatable bonds is 5. The van der Waals surface area contributed by atoms with E-state index in [2.05, 4.69) is 36.0 Å². The van der Waals surface area contributed by atoms with Crippen LogP contribution in [0.4, 0.5) is 5.69 Å². The van der Waals surface area contributed by atoms with Gasteiger partial charge in [-0.25, -0.2) is 0 Å².